The highest BCUT2D eigenvalue weighted by molar-refractivity contribution is 5.89. The molecular formula is C26H32N4O4. The predicted molar refractivity (Wildman–Crippen MR) is 132 cm³/mol. The van der Waals surface area contributed by atoms with Crippen molar-refractivity contribution in [2.75, 3.05) is 27.2 Å². The number of rotatable bonds is 8. The van der Waals surface area contributed by atoms with Gasteiger partial charge in [-0.05, 0) is 44.6 Å². The Morgan fingerprint density at radius 3 is 2.62 bits per heavy atom. The Kier molecular flexibility index (Phi) is 6.58. The molecule has 1 aliphatic rings. The van der Waals surface area contributed by atoms with Crippen molar-refractivity contribution in [3.63, 3.8) is 0 Å². The molecule has 180 valence electrons. The van der Waals surface area contributed by atoms with Gasteiger partial charge < -0.3 is 25.0 Å². The second kappa shape index (κ2) is 9.29. The van der Waals surface area contributed by atoms with Crippen molar-refractivity contribution in [2.45, 2.75) is 45.4 Å². The zero-order valence-electron chi connectivity index (χ0n) is 20.2. The molecule has 0 saturated heterocycles. The first-order chi connectivity index (χ1) is 16.3. The Balaban J connectivity index is 1.90. The van der Waals surface area contributed by atoms with E-state index < -0.39 is 23.7 Å². The number of aromatic nitrogens is 2. The Morgan fingerprint density at radius 2 is 1.97 bits per heavy atom. The third-order valence-electron chi connectivity index (χ3n) is 6.76. The van der Waals surface area contributed by atoms with Crippen molar-refractivity contribution in [1.29, 1.82) is 0 Å². The first-order valence-electron chi connectivity index (χ1n) is 11.7. The van der Waals surface area contributed by atoms with Gasteiger partial charge >= 0.3 is 0 Å². The van der Waals surface area contributed by atoms with Crippen LogP contribution in [0.1, 0.15) is 42.5 Å². The molecular weight excluding hydrogens is 432 g/mol. The average Bonchev–Trinajstić information content (AvgIpc) is 3.20. The number of pyridine rings is 2. The van der Waals surface area contributed by atoms with Crippen LogP contribution < -0.4 is 10.9 Å². The average molecular weight is 465 g/mol. The molecule has 0 radical (unpaired) electrons. The number of nitrogens with one attached hydrogen (secondary N) is 1. The number of hydrogen-bond acceptors (Lipinski definition) is 6. The van der Waals surface area contributed by atoms with E-state index in [9.17, 15) is 19.8 Å². The number of likely N-dealkylation sites (N-methyl/N-ethyl adjacent to an activating group) is 1. The van der Waals surface area contributed by atoms with Gasteiger partial charge in [-0.25, -0.2) is 4.98 Å². The summed E-state index contributed by atoms with van der Waals surface area (Å²) in [7, 11) is 3.78. The third kappa shape index (κ3) is 3.81. The van der Waals surface area contributed by atoms with Crippen LogP contribution in [0.15, 0.2) is 35.1 Å². The maximum atomic E-state index is 13.5. The fourth-order valence-electron chi connectivity index (χ4n) is 4.84. The van der Waals surface area contributed by atoms with Crippen LogP contribution in [0.3, 0.4) is 0 Å². The number of carbonyl (C=O) groups is 1. The molecule has 0 bridgehead atoms. The Bertz CT molecular complexity index is 1310. The lowest BCUT2D eigenvalue weighted by atomic mass is 9.86. The maximum absolute atomic E-state index is 13.5. The number of aliphatic hydroxyl groups excluding tert-OH is 1. The second-order valence-corrected chi connectivity index (χ2v) is 9.03. The summed E-state index contributed by atoms with van der Waals surface area (Å²) in [6.07, 6.45) is 0.829. The van der Waals surface area contributed by atoms with Crippen LogP contribution in [0.5, 0.6) is 0 Å². The lowest BCUT2D eigenvalue weighted by Gasteiger charge is -2.29. The molecule has 3 N–H and O–H groups in total. The van der Waals surface area contributed by atoms with E-state index in [-0.39, 0.29) is 17.5 Å². The van der Waals surface area contributed by atoms with E-state index in [1.54, 1.807) is 17.6 Å². The van der Waals surface area contributed by atoms with Gasteiger partial charge in [0.2, 0.25) is 0 Å². The molecule has 0 unspecified atom stereocenters. The minimum Gasteiger partial charge on any atom is -0.391 e. The monoisotopic (exact) mass is 464 g/mol. The summed E-state index contributed by atoms with van der Waals surface area (Å²) in [5.74, 6) is -0.588. The molecule has 3 heterocycles. The Labute approximate surface area is 198 Å². The van der Waals surface area contributed by atoms with Crippen molar-refractivity contribution in [3.8, 4) is 11.4 Å². The Hall–Kier alpha value is -3.07. The first kappa shape index (κ1) is 24.1. The van der Waals surface area contributed by atoms with Gasteiger partial charge in [0.05, 0.1) is 30.1 Å². The lowest BCUT2D eigenvalue weighted by Crippen LogP contribution is -2.47. The van der Waals surface area contributed by atoms with Crippen molar-refractivity contribution >= 4 is 16.8 Å². The normalized spacial score (nSPS) is 14.2. The fourth-order valence-corrected chi connectivity index (χ4v) is 4.84. The summed E-state index contributed by atoms with van der Waals surface area (Å²) in [5.41, 5.74) is 1.98. The van der Waals surface area contributed by atoms with Crippen LogP contribution in [0.25, 0.3) is 22.3 Å². The van der Waals surface area contributed by atoms with Gasteiger partial charge in [-0.1, -0.05) is 32.0 Å². The van der Waals surface area contributed by atoms with Crippen molar-refractivity contribution in [2.24, 2.45) is 0 Å². The molecule has 8 heteroatoms. The number of aryl methyl sites for hydroxylation is 1. The predicted octanol–water partition coefficient (Wildman–Crippen LogP) is 1.76. The number of fused-ring (bicyclic) bond motifs is 4. The van der Waals surface area contributed by atoms with E-state index in [1.807, 2.05) is 43.3 Å². The molecule has 34 heavy (non-hydrogen) atoms. The molecule has 1 amide bonds. The van der Waals surface area contributed by atoms with Gasteiger partial charge in [-0.2, -0.15) is 0 Å². The van der Waals surface area contributed by atoms with Crippen molar-refractivity contribution in [3.05, 3.63) is 62.9 Å². The largest absolute Gasteiger partial charge is 0.391 e. The zero-order chi connectivity index (χ0) is 24.6. The van der Waals surface area contributed by atoms with Gasteiger partial charge in [-0.15, -0.1) is 0 Å². The number of amides is 1. The maximum Gasteiger partial charge on any atom is 0.257 e. The molecule has 2 aromatic heterocycles. The van der Waals surface area contributed by atoms with Crippen molar-refractivity contribution < 1.29 is 15.0 Å². The van der Waals surface area contributed by atoms with Gasteiger partial charge in [0.15, 0.2) is 5.60 Å². The topological polar surface area (TPSA) is 108 Å². The molecule has 3 aromatic rings. The number of nitrogens with zero attached hydrogens (tertiary/aromatic N) is 3. The third-order valence-corrected chi connectivity index (χ3v) is 6.76. The van der Waals surface area contributed by atoms with E-state index in [1.165, 1.54) is 0 Å². The van der Waals surface area contributed by atoms with Gasteiger partial charge in [0.1, 0.15) is 0 Å². The summed E-state index contributed by atoms with van der Waals surface area (Å²) in [6.45, 7) is 4.49. The summed E-state index contributed by atoms with van der Waals surface area (Å²) >= 11 is 0. The highest BCUT2D eigenvalue weighted by Gasteiger charge is 2.40. The second-order valence-electron chi connectivity index (χ2n) is 9.03. The van der Waals surface area contributed by atoms with Crippen LogP contribution in [-0.2, 0) is 30.0 Å². The smallest absolute Gasteiger partial charge is 0.257 e. The lowest BCUT2D eigenvalue weighted by molar-refractivity contribution is -0.141. The highest BCUT2D eigenvalue weighted by Crippen LogP contribution is 2.38. The van der Waals surface area contributed by atoms with Crippen LogP contribution >= 0.6 is 0 Å². The molecule has 8 nitrogen and oxygen atoms in total. The molecule has 1 aromatic carbocycles. The molecule has 1 aliphatic heterocycles. The SMILES string of the molecule is CCc1c2c(nc3ccccc13)-c1cc([C@@](O)(CC)C(=O)NCCN(C)C)c(CO)c(=O)n1C2. The van der Waals surface area contributed by atoms with Crippen LogP contribution in [0.2, 0.25) is 0 Å². The zero-order valence-corrected chi connectivity index (χ0v) is 20.2. The molecule has 0 aliphatic carbocycles. The van der Waals surface area contributed by atoms with E-state index in [0.717, 1.165) is 28.5 Å². The van der Waals surface area contributed by atoms with Gasteiger partial charge in [0.25, 0.3) is 11.5 Å². The Morgan fingerprint density at radius 1 is 1.24 bits per heavy atom. The van der Waals surface area contributed by atoms with E-state index in [0.29, 0.717) is 31.0 Å². The molecule has 0 fully saturated rings. The number of benzene rings is 1. The summed E-state index contributed by atoms with van der Waals surface area (Å²) in [4.78, 5) is 33.4. The van der Waals surface area contributed by atoms with Crippen molar-refractivity contribution in [1.82, 2.24) is 19.8 Å². The van der Waals surface area contributed by atoms with Crippen LogP contribution in [0.4, 0.5) is 0 Å². The van der Waals surface area contributed by atoms with Gasteiger partial charge in [-0.3, -0.25) is 9.59 Å². The van der Waals surface area contributed by atoms with E-state index in [4.69, 9.17) is 4.98 Å². The standard InChI is InChI=1S/C26H32N4O4/c1-5-16-17-9-7-8-10-21(17)28-23-18(16)14-30-22(23)13-20(19(15-31)24(30)32)26(34,6-2)25(33)27-11-12-29(3)4/h7-10,13,31,34H,5-6,11-12,14-15H2,1-4H3,(H,27,33)/t26-/m0/s1. The molecule has 0 saturated carbocycles. The van der Waals surface area contributed by atoms with Gasteiger partial charge in [0, 0.05) is 35.2 Å². The highest BCUT2D eigenvalue weighted by atomic mass is 16.3. The first-order valence-corrected chi connectivity index (χ1v) is 11.7. The number of hydrogen-bond donors (Lipinski definition) is 3. The summed E-state index contributed by atoms with van der Waals surface area (Å²) < 4.78 is 1.59. The van der Waals surface area contributed by atoms with E-state index in [2.05, 4.69) is 12.2 Å². The number of aliphatic hydroxyl groups is 2. The molecule has 1 atom stereocenters. The fraction of sp³-hybridized carbons (Fsp3) is 0.423. The number of carbonyl (C=O) groups excluding carboxylic acids is 1. The minimum atomic E-state index is -1.95. The minimum absolute atomic E-state index is 0.0336. The molecule has 4 rings (SSSR count). The number of para-hydroxylation sites is 1. The summed E-state index contributed by atoms with van der Waals surface area (Å²) in [5, 5.41) is 25.4. The summed E-state index contributed by atoms with van der Waals surface area (Å²) in [6, 6.07) is 9.54. The quantitative estimate of drug-likeness (QED) is 0.367. The van der Waals surface area contributed by atoms with Crippen LogP contribution in [0, 0.1) is 0 Å². The van der Waals surface area contributed by atoms with Crippen LogP contribution in [-0.4, -0.2) is 57.8 Å². The van der Waals surface area contributed by atoms with E-state index >= 15 is 0 Å². The molecule has 0 spiro atoms.